The van der Waals surface area contributed by atoms with Crippen LogP contribution in [0.25, 0.3) is 0 Å². The lowest BCUT2D eigenvalue weighted by molar-refractivity contribution is 0.204. The van der Waals surface area contributed by atoms with Crippen molar-refractivity contribution in [3.05, 3.63) is 30.1 Å². The molecule has 0 aliphatic heterocycles. The molecule has 0 aromatic carbocycles. The Hall–Kier alpha value is -1.20. The van der Waals surface area contributed by atoms with E-state index >= 15 is 0 Å². The summed E-state index contributed by atoms with van der Waals surface area (Å²) in [5.74, 6) is 0. The van der Waals surface area contributed by atoms with E-state index in [0.717, 1.165) is 5.69 Å². The molecule has 0 aliphatic carbocycles. The largest absolute Gasteiger partial charge is 0.383 e. The lowest BCUT2D eigenvalue weighted by atomic mass is 10.3. The van der Waals surface area contributed by atoms with E-state index in [2.05, 4.69) is 15.6 Å². The van der Waals surface area contributed by atoms with E-state index in [-0.39, 0.29) is 0 Å². The van der Waals surface area contributed by atoms with Gasteiger partial charge in [0.2, 0.25) is 0 Å². The van der Waals surface area contributed by atoms with Crippen LogP contribution in [0.15, 0.2) is 24.4 Å². The summed E-state index contributed by atoms with van der Waals surface area (Å²) < 4.78 is 4.89. The Morgan fingerprint density at radius 1 is 1.47 bits per heavy atom. The molecule has 2 N–H and O–H groups in total. The molecule has 0 bridgehead atoms. The fourth-order valence-electron chi connectivity index (χ4n) is 1.00. The predicted octanol–water partition coefficient (Wildman–Crippen LogP) is 0.692. The van der Waals surface area contributed by atoms with Gasteiger partial charge in [0.25, 0.3) is 0 Å². The van der Waals surface area contributed by atoms with Gasteiger partial charge in [0.05, 0.1) is 18.8 Å². The van der Waals surface area contributed by atoms with Gasteiger partial charge in [0, 0.05) is 19.9 Å². The maximum Gasteiger partial charge on any atom is 0.166 e. The van der Waals surface area contributed by atoms with E-state index in [9.17, 15) is 0 Å². The Labute approximate surface area is 95.0 Å². The number of hydrogen-bond donors (Lipinski definition) is 2. The molecule has 5 heteroatoms. The Balaban J connectivity index is 2.17. The van der Waals surface area contributed by atoms with E-state index in [1.54, 1.807) is 13.3 Å². The summed E-state index contributed by atoms with van der Waals surface area (Å²) in [6.07, 6.45) is 1.76. The average molecular weight is 225 g/mol. The molecule has 0 unspecified atom stereocenters. The Morgan fingerprint density at radius 2 is 2.33 bits per heavy atom. The molecular weight excluding hydrogens is 210 g/mol. The van der Waals surface area contributed by atoms with Crippen LogP contribution in [0.2, 0.25) is 0 Å². The van der Waals surface area contributed by atoms with Gasteiger partial charge in [0.15, 0.2) is 5.11 Å². The third kappa shape index (κ3) is 5.29. The maximum absolute atomic E-state index is 5.06. The normalized spacial score (nSPS) is 9.67. The molecule has 1 aromatic heterocycles. The maximum atomic E-state index is 5.06. The molecule has 15 heavy (non-hydrogen) atoms. The van der Waals surface area contributed by atoms with Gasteiger partial charge in [-0.2, -0.15) is 0 Å². The van der Waals surface area contributed by atoms with E-state index < -0.39 is 0 Å². The predicted molar refractivity (Wildman–Crippen MR) is 63.6 cm³/mol. The van der Waals surface area contributed by atoms with Gasteiger partial charge in [-0.05, 0) is 24.4 Å². The van der Waals surface area contributed by atoms with Crippen molar-refractivity contribution in [2.24, 2.45) is 0 Å². The quantitative estimate of drug-likeness (QED) is 0.570. The number of ether oxygens (including phenoxy) is 1. The van der Waals surface area contributed by atoms with Crippen LogP contribution >= 0.6 is 12.2 Å². The summed E-state index contributed by atoms with van der Waals surface area (Å²) in [5, 5.41) is 6.70. The minimum Gasteiger partial charge on any atom is -0.383 e. The number of rotatable bonds is 5. The number of methoxy groups -OCH3 is 1. The number of aromatic nitrogens is 1. The summed E-state index contributed by atoms with van der Waals surface area (Å²) in [4.78, 5) is 4.17. The second kappa shape index (κ2) is 7.14. The molecule has 0 fully saturated rings. The zero-order valence-electron chi connectivity index (χ0n) is 8.69. The van der Waals surface area contributed by atoms with Crippen molar-refractivity contribution in [2.45, 2.75) is 6.54 Å². The van der Waals surface area contributed by atoms with Crippen LogP contribution in [0.5, 0.6) is 0 Å². The van der Waals surface area contributed by atoms with Crippen molar-refractivity contribution in [1.82, 2.24) is 15.6 Å². The molecule has 1 aromatic rings. The molecule has 0 radical (unpaired) electrons. The molecule has 82 valence electrons. The summed E-state index contributed by atoms with van der Waals surface area (Å²) >= 11 is 5.06. The second-order valence-electron chi connectivity index (χ2n) is 2.92. The highest BCUT2D eigenvalue weighted by Crippen LogP contribution is 1.91. The lowest BCUT2D eigenvalue weighted by Gasteiger charge is -2.09. The summed E-state index contributed by atoms with van der Waals surface area (Å²) in [7, 11) is 1.66. The van der Waals surface area contributed by atoms with E-state index in [1.807, 2.05) is 18.2 Å². The summed E-state index contributed by atoms with van der Waals surface area (Å²) in [6.45, 7) is 2.00. The standard InChI is InChI=1S/C10H15N3OS/c1-14-7-6-12-10(15)13-8-9-4-2-3-5-11-9/h2-5H,6-8H2,1H3,(H2,12,13,15). The number of pyridine rings is 1. The van der Waals surface area contributed by atoms with Crippen LogP contribution in [0.1, 0.15) is 5.69 Å². The molecule has 0 aliphatic rings. The summed E-state index contributed by atoms with van der Waals surface area (Å²) in [5.41, 5.74) is 0.966. The van der Waals surface area contributed by atoms with E-state index in [0.29, 0.717) is 24.8 Å². The first kappa shape index (κ1) is 11.9. The van der Waals surface area contributed by atoms with Crippen LogP contribution in [-0.2, 0) is 11.3 Å². The molecule has 1 heterocycles. The first-order valence-electron chi connectivity index (χ1n) is 4.73. The third-order valence-corrected chi connectivity index (χ3v) is 2.04. The zero-order valence-corrected chi connectivity index (χ0v) is 9.51. The van der Waals surface area contributed by atoms with Gasteiger partial charge in [-0.3, -0.25) is 4.98 Å². The molecule has 0 saturated carbocycles. The Kier molecular flexibility index (Phi) is 5.65. The highest BCUT2D eigenvalue weighted by atomic mass is 32.1. The van der Waals surface area contributed by atoms with Gasteiger partial charge >= 0.3 is 0 Å². The van der Waals surface area contributed by atoms with Gasteiger partial charge in [-0.25, -0.2) is 0 Å². The number of nitrogens with one attached hydrogen (secondary N) is 2. The molecule has 4 nitrogen and oxygen atoms in total. The molecule has 0 atom stereocenters. The first-order valence-corrected chi connectivity index (χ1v) is 5.14. The Bertz CT molecular complexity index is 292. The fraction of sp³-hybridized carbons (Fsp3) is 0.400. The smallest absolute Gasteiger partial charge is 0.166 e. The molecule has 0 spiro atoms. The highest BCUT2D eigenvalue weighted by molar-refractivity contribution is 7.80. The van der Waals surface area contributed by atoms with Crippen molar-refractivity contribution in [2.75, 3.05) is 20.3 Å². The minimum absolute atomic E-state index is 0.623. The second-order valence-corrected chi connectivity index (χ2v) is 3.33. The fourth-order valence-corrected chi connectivity index (χ4v) is 1.18. The van der Waals surface area contributed by atoms with E-state index in [1.165, 1.54) is 0 Å². The number of hydrogen-bond acceptors (Lipinski definition) is 3. The van der Waals surface area contributed by atoms with Gasteiger partial charge < -0.3 is 15.4 Å². The van der Waals surface area contributed by atoms with Crippen LogP contribution in [0, 0.1) is 0 Å². The highest BCUT2D eigenvalue weighted by Gasteiger charge is 1.95. The average Bonchev–Trinajstić information content (AvgIpc) is 2.28. The first-order chi connectivity index (χ1) is 7.33. The molecule has 1 rings (SSSR count). The SMILES string of the molecule is COCCNC(=S)NCc1ccccn1. The van der Waals surface area contributed by atoms with Gasteiger partial charge in [0.1, 0.15) is 0 Å². The van der Waals surface area contributed by atoms with Crippen molar-refractivity contribution >= 4 is 17.3 Å². The third-order valence-electron chi connectivity index (χ3n) is 1.75. The van der Waals surface area contributed by atoms with Gasteiger partial charge in [-0.15, -0.1) is 0 Å². The topological polar surface area (TPSA) is 46.2 Å². The van der Waals surface area contributed by atoms with E-state index in [4.69, 9.17) is 17.0 Å². The van der Waals surface area contributed by atoms with Crippen molar-refractivity contribution in [1.29, 1.82) is 0 Å². The lowest BCUT2D eigenvalue weighted by Crippen LogP contribution is -2.36. The van der Waals surface area contributed by atoms with Crippen molar-refractivity contribution in [3.8, 4) is 0 Å². The van der Waals surface area contributed by atoms with Crippen LogP contribution in [-0.4, -0.2) is 30.4 Å². The van der Waals surface area contributed by atoms with Crippen LogP contribution in [0.3, 0.4) is 0 Å². The summed E-state index contributed by atoms with van der Waals surface area (Å²) in [6, 6.07) is 5.79. The number of thiocarbonyl (C=S) groups is 1. The monoisotopic (exact) mass is 225 g/mol. The van der Waals surface area contributed by atoms with Crippen molar-refractivity contribution in [3.63, 3.8) is 0 Å². The molecule has 0 amide bonds. The zero-order chi connectivity index (χ0) is 10.9. The number of nitrogens with zero attached hydrogens (tertiary/aromatic N) is 1. The van der Waals surface area contributed by atoms with Crippen LogP contribution < -0.4 is 10.6 Å². The van der Waals surface area contributed by atoms with Crippen molar-refractivity contribution < 1.29 is 4.74 Å². The van der Waals surface area contributed by atoms with Gasteiger partial charge in [-0.1, -0.05) is 6.07 Å². The molecule has 0 saturated heterocycles. The Morgan fingerprint density at radius 3 is 3.00 bits per heavy atom. The molecular formula is C10H15N3OS. The van der Waals surface area contributed by atoms with Crippen LogP contribution in [0.4, 0.5) is 0 Å². The minimum atomic E-state index is 0.623.